The minimum atomic E-state index is -4.71. The number of aliphatic hydroxyl groups is 2. The second-order valence-electron chi connectivity index (χ2n) is 8.40. The Balaban J connectivity index is 1.48. The maximum absolute atomic E-state index is 14.1. The van der Waals surface area contributed by atoms with Crippen LogP contribution in [0.2, 0.25) is 0 Å². The monoisotopic (exact) mass is 485 g/mol. The standard InChI is InChI=1S/C25H22F3N3O4/c26-25(27,28)20-22(31-34-23(20)15-4-2-1-3-5-15)24-19-9-7-16-10-14(11-29-12-17(33)13-32)6-8-18(16)21(19)30-35-24/h1-6,8,10,17,29,32-33H,7,9,11-13H2. The predicted octanol–water partition coefficient (Wildman–Crippen LogP) is 4.22. The molecule has 5 rings (SSSR count). The number of nitrogens with zero attached hydrogens (tertiary/aromatic N) is 2. The van der Waals surface area contributed by atoms with Crippen molar-refractivity contribution in [3.8, 4) is 34.0 Å². The number of aromatic nitrogens is 2. The Morgan fingerprint density at radius 3 is 2.46 bits per heavy atom. The van der Waals surface area contributed by atoms with Crippen LogP contribution in [0.5, 0.6) is 0 Å². The number of fused-ring (bicyclic) bond motifs is 3. The SMILES string of the molecule is OCC(O)CNCc1ccc2c(c1)CCc1c-2noc1-c1noc(-c2ccccc2)c1C(F)(F)F. The largest absolute Gasteiger partial charge is 0.422 e. The Morgan fingerprint density at radius 1 is 0.971 bits per heavy atom. The summed E-state index contributed by atoms with van der Waals surface area (Å²) in [5.41, 5.74) is 2.70. The molecule has 0 saturated carbocycles. The topological polar surface area (TPSA) is 105 Å². The first-order valence-electron chi connectivity index (χ1n) is 11.1. The molecule has 3 N–H and O–H groups in total. The van der Waals surface area contributed by atoms with E-state index in [0.29, 0.717) is 30.6 Å². The van der Waals surface area contributed by atoms with Gasteiger partial charge in [-0.2, -0.15) is 13.2 Å². The molecule has 2 aromatic carbocycles. The highest BCUT2D eigenvalue weighted by Gasteiger charge is 2.43. The number of hydrogen-bond acceptors (Lipinski definition) is 7. The molecule has 1 aliphatic rings. The molecular formula is C25H22F3N3O4. The average molecular weight is 485 g/mol. The van der Waals surface area contributed by atoms with Gasteiger partial charge in [-0.15, -0.1) is 0 Å². The molecule has 0 fully saturated rings. The molecule has 0 saturated heterocycles. The van der Waals surface area contributed by atoms with Gasteiger partial charge in [-0.3, -0.25) is 0 Å². The normalized spacial score (nSPS) is 14.0. The summed E-state index contributed by atoms with van der Waals surface area (Å²) in [6.45, 7) is 0.439. The smallest absolute Gasteiger partial charge is 0.394 e. The maximum atomic E-state index is 14.1. The Kier molecular flexibility index (Phi) is 6.18. The number of benzene rings is 2. The van der Waals surface area contributed by atoms with E-state index in [1.165, 1.54) is 12.1 Å². The molecule has 4 aromatic rings. The zero-order valence-corrected chi connectivity index (χ0v) is 18.5. The summed E-state index contributed by atoms with van der Waals surface area (Å²) >= 11 is 0. The van der Waals surface area contributed by atoms with Crippen LogP contribution in [-0.4, -0.2) is 39.8 Å². The minimum absolute atomic E-state index is 0.0346. The summed E-state index contributed by atoms with van der Waals surface area (Å²) in [5, 5.41) is 29.3. The molecule has 0 bridgehead atoms. The van der Waals surface area contributed by atoms with Gasteiger partial charge in [-0.1, -0.05) is 58.8 Å². The number of aryl methyl sites for hydroxylation is 1. The fraction of sp³-hybridized carbons (Fsp3) is 0.280. The zero-order valence-electron chi connectivity index (χ0n) is 18.5. The van der Waals surface area contributed by atoms with Crippen molar-refractivity contribution in [3.63, 3.8) is 0 Å². The van der Waals surface area contributed by atoms with Gasteiger partial charge in [-0.25, -0.2) is 0 Å². The molecule has 1 atom stereocenters. The summed E-state index contributed by atoms with van der Waals surface area (Å²) in [4.78, 5) is 0. The van der Waals surface area contributed by atoms with Crippen LogP contribution in [0.25, 0.3) is 34.0 Å². The fourth-order valence-corrected chi connectivity index (χ4v) is 4.34. The van der Waals surface area contributed by atoms with Crippen LogP contribution in [0.4, 0.5) is 13.2 Å². The van der Waals surface area contributed by atoms with Gasteiger partial charge >= 0.3 is 6.18 Å². The lowest BCUT2D eigenvalue weighted by Gasteiger charge is -2.17. The van der Waals surface area contributed by atoms with Gasteiger partial charge in [-0.05, 0) is 24.0 Å². The summed E-state index contributed by atoms with van der Waals surface area (Å²) < 4.78 is 53.0. The van der Waals surface area contributed by atoms with Crippen molar-refractivity contribution in [3.05, 3.63) is 70.8 Å². The Labute approximate surface area is 198 Å². The van der Waals surface area contributed by atoms with Crippen LogP contribution in [0.15, 0.2) is 57.6 Å². The number of nitrogens with one attached hydrogen (secondary N) is 1. The third-order valence-electron chi connectivity index (χ3n) is 6.00. The van der Waals surface area contributed by atoms with Crippen LogP contribution in [0, 0.1) is 0 Å². The quantitative estimate of drug-likeness (QED) is 0.360. The van der Waals surface area contributed by atoms with Crippen molar-refractivity contribution in [2.45, 2.75) is 31.7 Å². The molecule has 1 aliphatic carbocycles. The van der Waals surface area contributed by atoms with E-state index >= 15 is 0 Å². The Bertz CT molecular complexity index is 1330. The number of hydrogen-bond donors (Lipinski definition) is 3. The predicted molar refractivity (Wildman–Crippen MR) is 120 cm³/mol. The molecule has 2 aromatic heterocycles. The molecule has 35 heavy (non-hydrogen) atoms. The van der Waals surface area contributed by atoms with E-state index in [-0.39, 0.29) is 30.2 Å². The summed E-state index contributed by atoms with van der Waals surface area (Å²) in [7, 11) is 0. The molecule has 0 aliphatic heterocycles. The van der Waals surface area contributed by atoms with E-state index in [4.69, 9.17) is 14.2 Å². The van der Waals surface area contributed by atoms with Gasteiger partial charge in [0, 0.05) is 29.8 Å². The molecule has 0 amide bonds. The van der Waals surface area contributed by atoms with Crippen molar-refractivity contribution in [2.75, 3.05) is 13.2 Å². The van der Waals surface area contributed by atoms with Crippen molar-refractivity contribution in [1.82, 2.24) is 15.6 Å². The van der Waals surface area contributed by atoms with Crippen LogP contribution < -0.4 is 5.32 Å². The van der Waals surface area contributed by atoms with Gasteiger partial charge in [0.15, 0.2) is 17.2 Å². The fourth-order valence-electron chi connectivity index (χ4n) is 4.34. The van der Waals surface area contributed by atoms with Gasteiger partial charge in [0.25, 0.3) is 0 Å². The van der Waals surface area contributed by atoms with Crippen molar-refractivity contribution in [1.29, 1.82) is 0 Å². The maximum Gasteiger partial charge on any atom is 0.422 e. The van der Waals surface area contributed by atoms with Crippen molar-refractivity contribution in [2.24, 2.45) is 0 Å². The molecule has 2 heterocycles. The third-order valence-corrected chi connectivity index (χ3v) is 6.00. The van der Waals surface area contributed by atoms with Crippen molar-refractivity contribution >= 4 is 0 Å². The zero-order chi connectivity index (χ0) is 24.6. The third kappa shape index (κ3) is 4.47. The minimum Gasteiger partial charge on any atom is -0.394 e. The summed E-state index contributed by atoms with van der Waals surface area (Å²) in [6.07, 6.45) is -4.51. The number of alkyl halides is 3. The van der Waals surface area contributed by atoms with Gasteiger partial charge in [0.05, 0.1) is 12.7 Å². The first-order valence-corrected chi connectivity index (χ1v) is 11.1. The Hall–Kier alpha value is -3.47. The number of halogens is 3. The van der Waals surface area contributed by atoms with Gasteiger partial charge in [0.2, 0.25) is 0 Å². The first-order chi connectivity index (χ1) is 16.9. The molecule has 7 nitrogen and oxygen atoms in total. The number of aliphatic hydroxyl groups excluding tert-OH is 2. The first kappa shape index (κ1) is 23.3. The molecule has 1 unspecified atom stereocenters. The lowest BCUT2D eigenvalue weighted by atomic mass is 9.87. The molecule has 0 spiro atoms. The van der Waals surface area contributed by atoms with Crippen LogP contribution >= 0.6 is 0 Å². The van der Waals surface area contributed by atoms with Crippen LogP contribution in [-0.2, 0) is 25.6 Å². The molecule has 182 valence electrons. The Morgan fingerprint density at radius 2 is 1.71 bits per heavy atom. The van der Waals surface area contributed by atoms with E-state index < -0.39 is 23.5 Å². The number of rotatable bonds is 7. The summed E-state index contributed by atoms with van der Waals surface area (Å²) in [6, 6.07) is 13.8. The van der Waals surface area contributed by atoms with Crippen molar-refractivity contribution < 1.29 is 32.4 Å². The van der Waals surface area contributed by atoms with E-state index in [1.54, 1.807) is 18.2 Å². The van der Waals surface area contributed by atoms with E-state index in [1.807, 2.05) is 18.2 Å². The van der Waals surface area contributed by atoms with E-state index in [9.17, 15) is 18.3 Å². The molecular weight excluding hydrogens is 463 g/mol. The lowest BCUT2D eigenvalue weighted by Crippen LogP contribution is -2.28. The van der Waals surface area contributed by atoms with E-state index in [0.717, 1.165) is 16.7 Å². The molecule has 0 radical (unpaired) electrons. The average Bonchev–Trinajstić information content (AvgIpc) is 3.49. The van der Waals surface area contributed by atoms with E-state index in [2.05, 4.69) is 15.6 Å². The summed E-state index contributed by atoms with van der Waals surface area (Å²) in [5.74, 6) is -0.398. The van der Waals surface area contributed by atoms with Crippen LogP contribution in [0.1, 0.15) is 22.3 Å². The van der Waals surface area contributed by atoms with Crippen LogP contribution in [0.3, 0.4) is 0 Å². The van der Waals surface area contributed by atoms with Gasteiger partial charge in [0.1, 0.15) is 11.3 Å². The highest BCUT2D eigenvalue weighted by molar-refractivity contribution is 5.79. The lowest BCUT2D eigenvalue weighted by molar-refractivity contribution is -0.136. The van der Waals surface area contributed by atoms with Gasteiger partial charge < -0.3 is 24.6 Å². The second kappa shape index (κ2) is 9.29. The second-order valence-corrected chi connectivity index (χ2v) is 8.40. The highest BCUT2D eigenvalue weighted by Crippen LogP contribution is 2.46. The highest BCUT2D eigenvalue weighted by atomic mass is 19.4. The molecule has 10 heteroatoms.